The summed E-state index contributed by atoms with van der Waals surface area (Å²) in [5.41, 5.74) is 9.79. The lowest BCUT2D eigenvalue weighted by molar-refractivity contribution is 1.14. The number of rotatable bonds is 4. The minimum atomic E-state index is 1.12. The van der Waals surface area contributed by atoms with E-state index < -0.39 is 0 Å². The zero-order chi connectivity index (χ0) is 35.3. The Morgan fingerprint density at radius 2 is 0.449 bits per heavy atom. The van der Waals surface area contributed by atoms with Gasteiger partial charge in [0.25, 0.3) is 0 Å². The van der Waals surface area contributed by atoms with Crippen LogP contribution in [0, 0.1) is 20.8 Å². The molecule has 0 fully saturated rings. The van der Waals surface area contributed by atoms with E-state index in [4.69, 9.17) is 0 Å². The monoisotopic (exact) mass is 644 g/mol. The van der Waals surface area contributed by atoms with Gasteiger partial charge in [-0.3, -0.25) is 0 Å². The predicted octanol–water partition coefficient (Wildman–Crippen LogP) is 13.9. The highest BCUT2D eigenvalue weighted by Crippen LogP contribution is 2.24. The highest BCUT2D eigenvalue weighted by molar-refractivity contribution is 5.89. The van der Waals surface area contributed by atoms with E-state index in [0.29, 0.717) is 0 Å². The molecule has 7 aromatic rings. The molecule has 0 bridgehead atoms. The summed E-state index contributed by atoms with van der Waals surface area (Å²) >= 11 is 0. The second-order valence-electron chi connectivity index (χ2n) is 12.2. The highest BCUT2D eigenvalue weighted by Gasteiger charge is 2.02. The summed E-state index contributed by atoms with van der Waals surface area (Å²) in [6.07, 6.45) is 4.46. The predicted molar refractivity (Wildman–Crippen MR) is 219 cm³/mol. The molecular weight excluding hydrogens is 589 g/mol. The maximum Gasteiger partial charge on any atom is -0.0149 e. The van der Waals surface area contributed by atoms with Gasteiger partial charge in [0.2, 0.25) is 0 Å². The van der Waals surface area contributed by atoms with Crippen LogP contribution in [-0.2, 0) is 25.7 Å². The Kier molecular flexibility index (Phi) is 17.2. The third-order valence-corrected chi connectivity index (χ3v) is 8.55. The number of fused-ring (bicyclic) bond motifs is 2. The molecule has 252 valence electrons. The Bertz CT molecular complexity index is 1640. The van der Waals surface area contributed by atoms with Crippen LogP contribution in [-0.4, -0.2) is 0 Å². The van der Waals surface area contributed by atoms with Gasteiger partial charge in [-0.05, 0) is 90.3 Å². The van der Waals surface area contributed by atoms with E-state index in [1.807, 2.05) is 54.6 Å². The van der Waals surface area contributed by atoms with Crippen molar-refractivity contribution in [1.82, 2.24) is 0 Å². The first-order valence-electron chi connectivity index (χ1n) is 18.0. The van der Waals surface area contributed by atoms with Crippen molar-refractivity contribution in [2.24, 2.45) is 0 Å². The third-order valence-electron chi connectivity index (χ3n) is 8.55. The minimum Gasteiger partial charge on any atom is -0.0622 e. The van der Waals surface area contributed by atoms with Crippen LogP contribution < -0.4 is 0 Å². The van der Waals surface area contributed by atoms with Crippen LogP contribution >= 0.6 is 0 Å². The van der Waals surface area contributed by atoms with E-state index in [1.165, 1.54) is 60.5 Å². The van der Waals surface area contributed by atoms with Gasteiger partial charge >= 0.3 is 0 Å². The molecule has 0 atom stereocenters. The normalized spacial score (nSPS) is 9.86. The first-order chi connectivity index (χ1) is 23.9. The van der Waals surface area contributed by atoms with E-state index in [9.17, 15) is 0 Å². The molecule has 0 N–H and O–H groups in total. The van der Waals surface area contributed by atoms with Gasteiger partial charge in [-0.15, -0.1) is 0 Å². The summed E-state index contributed by atoms with van der Waals surface area (Å²) in [6.45, 7) is 15.1. The lowest BCUT2D eigenvalue weighted by Crippen LogP contribution is -1.87. The topological polar surface area (TPSA) is 0 Å². The molecule has 0 unspecified atom stereocenters. The SMILES string of the molecule is CCc1cccc2c(CC)cccc12.CCc1cccc2c(CC)cccc12.Cc1ccccc1.Cc1ccccc1.Cc1ccccc1. The second kappa shape index (κ2) is 21.8. The van der Waals surface area contributed by atoms with Gasteiger partial charge < -0.3 is 0 Å². The van der Waals surface area contributed by atoms with Crippen molar-refractivity contribution < 1.29 is 0 Å². The smallest absolute Gasteiger partial charge is 0.0149 e. The van der Waals surface area contributed by atoms with Gasteiger partial charge in [0.1, 0.15) is 0 Å². The van der Waals surface area contributed by atoms with Gasteiger partial charge in [0.05, 0.1) is 0 Å². The fourth-order valence-corrected chi connectivity index (χ4v) is 5.72. The average Bonchev–Trinajstić information content (AvgIpc) is 3.15. The molecule has 0 saturated carbocycles. The molecular formula is C49H56. The highest BCUT2D eigenvalue weighted by atomic mass is 14.1. The fraction of sp³-hybridized carbons (Fsp3) is 0.224. The molecule has 49 heavy (non-hydrogen) atoms. The molecule has 0 nitrogen and oxygen atoms in total. The van der Waals surface area contributed by atoms with Gasteiger partial charge in [-0.25, -0.2) is 0 Å². The van der Waals surface area contributed by atoms with Gasteiger partial charge in [0.15, 0.2) is 0 Å². The first kappa shape index (κ1) is 38.5. The van der Waals surface area contributed by atoms with Crippen molar-refractivity contribution in [3.63, 3.8) is 0 Å². The maximum absolute atomic E-state index is 2.23. The Morgan fingerprint density at radius 1 is 0.245 bits per heavy atom. The zero-order valence-corrected chi connectivity index (χ0v) is 30.9. The quantitative estimate of drug-likeness (QED) is 0.179. The molecule has 0 aliphatic rings. The Morgan fingerprint density at radius 3 is 0.592 bits per heavy atom. The van der Waals surface area contributed by atoms with Crippen molar-refractivity contribution >= 4 is 21.5 Å². The van der Waals surface area contributed by atoms with E-state index >= 15 is 0 Å². The Balaban J connectivity index is 0.000000173. The maximum atomic E-state index is 2.23. The van der Waals surface area contributed by atoms with E-state index in [2.05, 4.69) is 158 Å². The standard InChI is InChI=1S/2C14H16.3C7H8/c2*1-3-11-7-5-10-14-12(4-2)8-6-9-13(11)14;3*1-7-5-3-2-4-6-7/h2*5-10H,3-4H2,1-2H3;3*2-6H,1H3. The third kappa shape index (κ3) is 12.9. The average molecular weight is 645 g/mol. The van der Waals surface area contributed by atoms with Crippen molar-refractivity contribution in [2.45, 2.75) is 74.1 Å². The molecule has 0 amide bonds. The van der Waals surface area contributed by atoms with Gasteiger partial charge in [-0.2, -0.15) is 0 Å². The molecule has 0 radical (unpaired) electrons. The van der Waals surface area contributed by atoms with Crippen LogP contribution in [0.1, 0.15) is 66.6 Å². The largest absolute Gasteiger partial charge is 0.0622 e. The lowest BCUT2D eigenvalue weighted by atomic mass is 9.98. The van der Waals surface area contributed by atoms with Crippen molar-refractivity contribution in [1.29, 1.82) is 0 Å². The molecule has 0 saturated heterocycles. The van der Waals surface area contributed by atoms with Crippen LogP contribution in [0.15, 0.2) is 164 Å². The fourth-order valence-electron chi connectivity index (χ4n) is 5.72. The number of hydrogen-bond acceptors (Lipinski definition) is 0. The first-order valence-corrected chi connectivity index (χ1v) is 18.0. The number of benzene rings is 7. The molecule has 0 heteroatoms. The second-order valence-corrected chi connectivity index (χ2v) is 12.2. The van der Waals surface area contributed by atoms with Crippen molar-refractivity contribution in [3.05, 3.63) is 203 Å². The molecule has 7 aromatic carbocycles. The summed E-state index contributed by atoms with van der Waals surface area (Å²) in [7, 11) is 0. The summed E-state index contributed by atoms with van der Waals surface area (Å²) in [5, 5.41) is 5.70. The number of hydrogen-bond donors (Lipinski definition) is 0. The van der Waals surface area contributed by atoms with Gasteiger partial charge in [-0.1, -0.05) is 208 Å². The Labute approximate surface area is 297 Å². The summed E-state index contributed by atoms with van der Waals surface area (Å²) in [4.78, 5) is 0. The van der Waals surface area contributed by atoms with Crippen LogP contribution in [0.3, 0.4) is 0 Å². The minimum absolute atomic E-state index is 1.12. The van der Waals surface area contributed by atoms with E-state index in [0.717, 1.165) is 25.7 Å². The molecule has 0 aromatic heterocycles. The summed E-state index contributed by atoms with van der Waals surface area (Å²) in [5.74, 6) is 0. The summed E-state index contributed by atoms with van der Waals surface area (Å²) < 4.78 is 0. The lowest BCUT2D eigenvalue weighted by Gasteiger charge is -2.07. The van der Waals surface area contributed by atoms with Gasteiger partial charge in [0, 0.05) is 0 Å². The zero-order valence-electron chi connectivity index (χ0n) is 30.9. The molecule has 0 aliphatic carbocycles. The molecule has 0 aliphatic heterocycles. The summed E-state index contributed by atoms with van der Waals surface area (Å²) in [6, 6.07) is 57.3. The van der Waals surface area contributed by atoms with Crippen LogP contribution in [0.5, 0.6) is 0 Å². The van der Waals surface area contributed by atoms with Crippen molar-refractivity contribution in [3.8, 4) is 0 Å². The Hall–Kier alpha value is -4.94. The van der Waals surface area contributed by atoms with E-state index in [-0.39, 0.29) is 0 Å². The van der Waals surface area contributed by atoms with Crippen LogP contribution in [0.2, 0.25) is 0 Å². The van der Waals surface area contributed by atoms with Crippen LogP contribution in [0.4, 0.5) is 0 Å². The number of aryl methyl sites for hydroxylation is 7. The molecule has 7 rings (SSSR count). The van der Waals surface area contributed by atoms with Crippen molar-refractivity contribution in [2.75, 3.05) is 0 Å². The van der Waals surface area contributed by atoms with E-state index in [1.54, 1.807) is 0 Å². The molecule has 0 spiro atoms. The molecule has 0 heterocycles. The van der Waals surface area contributed by atoms with Crippen LogP contribution in [0.25, 0.3) is 21.5 Å².